The summed E-state index contributed by atoms with van der Waals surface area (Å²) in [6.45, 7) is 2.31. The monoisotopic (exact) mass is 350 g/mol. The zero-order valence-corrected chi connectivity index (χ0v) is 14.8. The number of benzene rings is 1. The topological polar surface area (TPSA) is 82.1 Å². The Bertz CT molecular complexity index is 1040. The van der Waals surface area contributed by atoms with E-state index in [1.54, 1.807) is 48.5 Å². The number of ether oxygens (including phenoxy) is 2. The molecule has 0 radical (unpaired) electrons. The van der Waals surface area contributed by atoms with E-state index in [0.29, 0.717) is 29.4 Å². The molecule has 7 nitrogen and oxygen atoms in total. The lowest BCUT2D eigenvalue weighted by Crippen LogP contribution is -2.15. The summed E-state index contributed by atoms with van der Waals surface area (Å²) in [4.78, 5) is 11.9. The molecular formula is C19H18N4O3. The number of aryl methyl sites for hydroxylation is 1. The van der Waals surface area contributed by atoms with E-state index in [1.165, 1.54) is 17.7 Å². The second kappa shape index (κ2) is 7.15. The minimum absolute atomic E-state index is 0.149. The summed E-state index contributed by atoms with van der Waals surface area (Å²) < 4.78 is 13.9. The number of hydrogen-bond donors (Lipinski definition) is 0. The maximum absolute atomic E-state index is 11.9. The third-order valence-corrected chi connectivity index (χ3v) is 3.97. The van der Waals surface area contributed by atoms with Crippen LogP contribution in [0.5, 0.6) is 11.5 Å². The van der Waals surface area contributed by atoms with Crippen LogP contribution in [-0.2, 0) is 7.05 Å². The standard InChI is InChI=1S/C19H18N4O3/c1-4-26-18-8-19(24)22(2)12-15(18)13-10-21-23(11-13)16-6-5-7-17(25-3)14(16)9-20/h5-8,10-12H,4H2,1-3H3. The molecule has 26 heavy (non-hydrogen) atoms. The van der Waals surface area contributed by atoms with Gasteiger partial charge in [0.15, 0.2) is 0 Å². The number of rotatable bonds is 5. The van der Waals surface area contributed by atoms with Crippen molar-refractivity contribution in [3.63, 3.8) is 0 Å². The molecule has 3 rings (SSSR count). The zero-order chi connectivity index (χ0) is 18.7. The Hall–Kier alpha value is -3.53. The summed E-state index contributed by atoms with van der Waals surface area (Å²) in [5, 5.41) is 13.8. The van der Waals surface area contributed by atoms with Crippen molar-refractivity contribution in [1.29, 1.82) is 5.26 Å². The lowest BCUT2D eigenvalue weighted by molar-refractivity contribution is 0.340. The minimum atomic E-state index is -0.149. The van der Waals surface area contributed by atoms with Crippen molar-refractivity contribution < 1.29 is 9.47 Å². The van der Waals surface area contributed by atoms with Crippen LogP contribution in [0.25, 0.3) is 16.8 Å². The Morgan fingerprint density at radius 1 is 1.27 bits per heavy atom. The second-order valence-electron chi connectivity index (χ2n) is 5.57. The highest BCUT2D eigenvalue weighted by Gasteiger charge is 2.15. The average molecular weight is 350 g/mol. The third kappa shape index (κ3) is 3.05. The van der Waals surface area contributed by atoms with Gasteiger partial charge in [0.05, 0.1) is 25.6 Å². The number of nitrogens with zero attached hydrogens (tertiary/aromatic N) is 4. The van der Waals surface area contributed by atoms with Crippen LogP contribution >= 0.6 is 0 Å². The molecule has 0 aliphatic carbocycles. The normalized spacial score (nSPS) is 10.4. The molecule has 0 aliphatic rings. The van der Waals surface area contributed by atoms with Crippen LogP contribution in [0.2, 0.25) is 0 Å². The maximum atomic E-state index is 11.9. The summed E-state index contributed by atoms with van der Waals surface area (Å²) in [6, 6.07) is 8.94. The van der Waals surface area contributed by atoms with Gasteiger partial charge in [-0.1, -0.05) is 6.07 Å². The van der Waals surface area contributed by atoms with E-state index in [9.17, 15) is 10.1 Å². The number of methoxy groups -OCH3 is 1. The predicted octanol–water partition coefficient (Wildman–Crippen LogP) is 2.52. The van der Waals surface area contributed by atoms with Gasteiger partial charge in [-0.25, -0.2) is 4.68 Å². The molecule has 3 aromatic rings. The van der Waals surface area contributed by atoms with Crippen molar-refractivity contribution in [2.24, 2.45) is 7.05 Å². The third-order valence-electron chi connectivity index (χ3n) is 3.97. The van der Waals surface area contributed by atoms with Crippen LogP contribution in [0.3, 0.4) is 0 Å². The van der Waals surface area contributed by atoms with E-state index in [2.05, 4.69) is 11.2 Å². The molecule has 2 heterocycles. The largest absolute Gasteiger partial charge is 0.495 e. The number of nitriles is 1. The average Bonchev–Trinajstić information content (AvgIpc) is 3.13. The Morgan fingerprint density at radius 2 is 2.08 bits per heavy atom. The van der Waals surface area contributed by atoms with E-state index in [0.717, 1.165) is 11.1 Å². The molecule has 7 heteroatoms. The quantitative estimate of drug-likeness (QED) is 0.706. The molecule has 0 atom stereocenters. The first-order valence-electron chi connectivity index (χ1n) is 8.05. The molecule has 0 bridgehead atoms. The molecule has 0 fully saturated rings. The summed E-state index contributed by atoms with van der Waals surface area (Å²) in [5.41, 5.74) is 2.39. The fourth-order valence-corrected chi connectivity index (χ4v) is 2.69. The van der Waals surface area contributed by atoms with Gasteiger partial charge in [0.1, 0.15) is 23.1 Å². The van der Waals surface area contributed by atoms with Gasteiger partial charge in [-0.2, -0.15) is 10.4 Å². The molecule has 0 saturated carbocycles. The van der Waals surface area contributed by atoms with E-state index in [1.807, 2.05) is 6.92 Å². The fourth-order valence-electron chi connectivity index (χ4n) is 2.69. The summed E-state index contributed by atoms with van der Waals surface area (Å²) in [5.74, 6) is 0.987. The van der Waals surface area contributed by atoms with Crippen LogP contribution < -0.4 is 15.0 Å². The fraction of sp³-hybridized carbons (Fsp3) is 0.211. The van der Waals surface area contributed by atoms with Crippen LogP contribution in [0, 0.1) is 11.3 Å². The van der Waals surface area contributed by atoms with E-state index in [4.69, 9.17) is 9.47 Å². The van der Waals surface area contributed by atoms with Gasteiger partial charge in [-0.15, -0.1) is 0 Å². The first-order valence-corrected chi connectivity index (χ1v) is 8.05. The van der Waals surface area contributed by atoms with Crippen molar-refractivity contribution in [1.82, 2.24) is 14.3 Å². The molecule has 0 amide bonds. The predicted molar refractivity (Wildman–Crippen MR) is 96.7 cm³/mol. The SMILES string of the molecule is CCOc1cc(=O)n(C)cc1-c1cnn(-c2cccc(OC)c2C#N)c1. The molecule has 0 unspecified atom stereocenters. The smallest absolute Gasteiger partial charge is 0.254 e. The van der Waals surface area contributed by atoms with Crippen LogP contribution in [0.1, 0.15) is 12.5 Å². The van der Waals surface area contributed by atoms with Crippen molar-refractivity contribution >= 4 is 0 Å². The highest BCUT2D eigenvalue weighted by atomic mass is 16.5. The molecule has 0 spiro atoms. The Morgan fingerprint density at radius 3 is 2.77 bits per heavy atom. The first-order chi connectivity index (χ1) is 12.6. The van der Waals surface area contributed by atoms with Gasteiger partial charge < -0.3 is 14.0 Å². The van der Waals surface area contributed by atoms with Crippen molar-refractivity contribution in [3.8, 4) is 34.4 Å². The zero-order valence-electron chi connectivity index (χ0n) is 14.8. The van der Waals surface area contributed by atoms with E-state index < -0.39 is 0 Å². The molecule has 0 saturated heterocycles. The molecule has 132 valence electrons. The summed E-state index contributed by atoms with van der Waals surface area (Å²) in [7, 11) is 3.20. The van der Waals surface area contributed by atoms with Crippen LogP contribution in [0.4, 0.5) is 0 Å². The minimum Gasteiger partial charge on any atom is -0.495 e. The number of hydrogen-bond acceptors (Lipinski definition) is 5. The Balaban J connectivity index is 2.12. The number of pyridine rings is 1. The van der Waals surface area contributed by atoms with E-state index >= 15 is 0 Å². The van der Waals surface area contributed by atoms with Crippen LogP contribution in [-0.4, -0.2) is 28.1 Å². The second-order valence-corrected chi connectivity index (χ2v) is 5.57. The maximum Gasteiger partial charge on any atom is 0.254 e. The highest BCUT2D eigenvalue weighted by molar-refractivity contribution is 5.69. The summed E-state index contributed by atoms with van der Waals surface area (Å²) >= 11 is 0. The van der Waals surface area contributed by atoms with Gasteiger partial charge in [0.25, 0.3) is 5.56 Å². The Kier molecular flexibility index (Phi) is 4.76. The van der Waals surface area contributed by atoms with Gasteiger partial charge in [0, 0.05) is 36.6 Å². The van der Waals surface area contributed by atoms with Gasteiger partial charge in [0.2, 0.25) is 0 Å². The van der Waals surface area contributed by atoms with Crippen molar-refractivity contribution in [2.75, 3.05) is 13.7 Å². The van der Waals surface area contributed by atoms with Crippen LogP contribution in [0.15, 0.2) is 47.7 Å². The number of aromatic nitrogens is 3. The highest BCUT2D eigenvalue weighted by Crippen LogP contribution is 2.30. The molecule has 0 N–H and O–H groups in total. The van der Waals surface area contributed by atoms with Gasteiger partial charge in [-0.05, 0) is 19.1 Å². The lowest BCUT2D eigenvalue weighted by Gasteiger charge is -2.10. The molecule has 1 aromatic carbocycles. The first kappa shape index (κ1) is 17.3. The van der Waals surface area contributed by atoms with Crippen molar-refractivity contribution in [3.05, 3.63) is 58.8 Å². The van der Waals surface area contributed by atoms with Crippen molar-refractivity contribution in [2.45, 2.75) is 6.92 Å². The molecule has 2 aromatic heterocycles. The van der Waals surface area contributed by atoms with Gasteiger partial charge >= 0.3 is 0 Å². The van der Waals surface area contributed by atoms with E-state index in [-0.39, 0.29) is 5.56 Å². The summed E-state index contributed by atoms with van der Waals surface area (Å²) in [6.07, 6.45) is 5.17. The molecule has 0 aliphatic heterocycles. The molecular weight excluding hydrogens is 332 g/mol. The lowest BCUT2D eigenvalue weighted by atomic mass is 10.1. The van der Waals surface area contributed by atoms with Gasteiger partial charge in [-0.3, -0.25) is 4.79 Å². The Labute approximate surface area is 150 Å².